The number of carbonyl (C=O) groups excluding carboxylic acids is 1. The maximum atomic E-state index is 12.0. The molecule has 0 saturated carbocycles. The summed E-state index contributed by atoms with van der Waals surface area (Å²) in [6.45, 7) is 13.9. The van der Waals surface area contributed by atoms with E-state index in [9.17, 15) is 4.79 Å². The number of hydrogen-bond acceptors (Lipinski definition) is 2. The van der Waals surface area contributed by atoms with Crippen molar-refractivity contribution in [2.24, 2.45) is 22.5 Å². The van der Waals surface area contributed by atoms with Gasteiger partial charge in [-0.1, -0.05) is 41.5 Å². The molecule has 0 radical (unpaired) electrons. The fraction of sp³-hybridized carbons (Fsp3) is 0.923. The minimum Gasteiger partial charge on any atom is -0.355 e. The summed E-state index contributed by atoms with van der Waals surface area (Å²) < 4.78 is 0. The van der Waals surface area contributed by atoms with Crippen LogP contribution >= 0.6 is 0 Å². The molecule has 96 valence electrons. The zero-order chi connectivity index (χ0) is 13.0. The van der Waals surface area contributed by atoms with Gasteiger partial charge >= 0.3 is 0 Å². The fourth-order valence-electron chi connectivity index (χ4n) is 1.23. The molecule has 3 nitrogen and oxygen atoms in total. The summed E-state index contributed by atoms with van der Waals surface area (Å²) >= 11 is 0. The van der Waals surface area contributed by atoms with E-state index in [1.807, 2.05) is 13.8 Å². The molecule has 0 aliphatic rings. The van der Waals surface area contributed by atoms with E-state index in [1.54, 1.807) is 0 Å². The highest BCUT2D eigenvalue weighted by atomic mass is 16.2. The van der Waals surface area contributed by atoms with Gasteiger partial charge in [-0.25, -0.2) is 0 Å². The topological polar surface area (TPSA) is 55.1 Å². The third-order valence-electron chi connectivity index (χ3n) is 3.65. The molecule has 0 rings (SSSR count). The second-order valence-electron chi connectivity index (χ2n) is 6.25. The molecule has 3 N–H and O–H groups in total. The van der Waals surface area contributed by atoms with Crippen LogP contribution in [0.15, 0.2) is 0 Å². The van der Waals surface area contributed by atoms with E-state index in [4.69, 9.17) is 5.73 Å². The Kier molecular flexibility index (Phi) is 5.47. The van der Waals surface area contributed by atoms with Crippen molar-refractivity contribution in [3.05, 3.63) is 0 Å². The van der Waals surface area contributed by atoms with E-state index < -0.39 is 0 Å². The summed E-state index contributed by atoms with van der Waals surface area (Å²) in [6, 6.07) is 0. The van der Waals surface area contributed by atoms with Gasteiger partial charge in [0.25, 0.3) is 0 Å². The first-order valence-electron chi connectivity index (χ1n) is 6.12. The second kappa shape index (κ2) is 5.67. The molecule has 0 unspecified atom stereocenters. The van der Waals surface area contributed by atoms with Crippen molar-refractivity contribution < 1.29 is 4.79 Å². The van der Waals surface area contributed by atoms with Gasteiger partial charge in [-0.15, -0.1) is 0 Å². The minimum atomic E-state index is -0.359. The van der Waals surface area contributed by atoms with Crippen LogP contribution in [0.4, 0.5) is 0 Å². The lowest BCUT2D eigenvalue weighted by atomic mass is 9.80. The molecule has 0 fully saturated rings. The highest BCUT2D eigenvalue weighted by molar-refractivity contribution is 5.81. The highest BCUT2D eigenvalue weighted by Crippen LogP contribution is 2.26. The number of rotatable bonds is 6. The van der Waals surface area contributed by atoms with Crippen LogP contribution in [-0.4, -0.2) is 19.0 Å². The lowest BCUT2D eigenvalue weighted by molar-refractivity contribution is -0.130. The Bertz CT molecular complexity index is 232. The number of carbonyl (C=O) groups is 1. The zero-order valence-corrected chi connectivity index (χ0v) is 11.7. The Balaban J connectivity index is 4.27. The van der Waals surface area contributed by atoms with E-state index >= 15 is 0 Å². The number of hydrogen-bond donors (Lipinski definition) is 2. The van der Waals surface area contributed by atoms with Crippen molar-refractivity contribution in [1.82, 2.24) is 5.32 Å². The monoisotopic (exact) mass is 228 g/mol. The number of amides is 1. The third-order valence-corrected chi connectivity index (χ3v) is 3.65. The first-order chi connectivity index (χ1) is 7.13. The molecule has 0 spiro atoms. The van der Waals surface area contributed by atoms with Crippen molar-refractivity contribution in [2.45, 2.75) is 48.0 Å². The van der Waals surface area contributed by atoms with E-state index in [1.165, 1.54) is 0 Å². The van der Waals surface area contributed by atoms with Gasteiger partial charge in [-0.2, -0.15) is 0 Å². The lowest BCUT2D eigenvalue weighted by Gasteiger charge is -2.31. The van der Waals surface area contributed by atoms with Crippen molar-refractivity contribution >= 4 is 5.91 Å². The SMILES string of the molecule is CC(C)C(C)(C)CNC(=O)C(C)(C)CCN. The molecule has 0 aromatic carbocycles. The fourth-order valence-corrected chi connectivity index (χ4v) is 1.23. The number of nitrogens with one attached hydrogen (secondary N) is 1. The van der Waals surface area contributed by atoms with Gasteiger partial charge < -0.3 is 11.1 Å². The van der Waals surface area contributed by atoms with Gasteiger partial charge in [0.15, 0.2) is 0 Å². The average molecular weight is 228 g/mol. The van der Waals surface area contributed by atoms with Gasteiger partial charge in [0.05, 0.1) is 0 Å². The van der Waals surface area contributed by atoms with E-state index in [0.717, 1.165) is 13.0 Å². The predicted molar refractivity (Wildman–Crippen MR) is 69.1 cm³/mol. The van der Waals surface area contributed by atoms with Crippen LogP contribution in [0, 0.1) is 16.7 Å². The first kappa shape index (κ1) is 15.4. The first-order valence-corrected chi connectivity index (χ1v) is 6.12. The summed E-state index contributed by atoms with van der Waals surface area (Å²) in [6.07, 6.45) is 0.723. The Hall–Kier alpha value is -0.570. The van der Waals surface area contributed by atoms with Crippen LogP contribution in [0.25, 0.3) is 0 Å². The summed E-state index contributed by atoms with van der Waals surface area (Å²) in [7, 11) is 0. The molecule has 1 amide bonds. The largest absolute Gasteiger partial charge is 0.355 e. The molecule has 0 bridgehead atoms. The molecule has 0 aromatic heterocycles. The summed E-state index contributed by atoms with van der Waals surface area (Å²) in [4.78, 5) is 12.0. The molecule has 0 aliphatic heterocycles. The lowest BCUT2D eigenvalue weighted by Crippen LogP contribution is -2.43. The maximum absolute atomic E-state index is 12.0. The van der Waals surface area contributed by atoms with Gasteiger partial charge in [-0.05, 0) is 24.3 Å². The highest BCUT2D eigenvalue weighted by Gasteiger charge is 2.29. The van der Waals surface area contributed by atoms with Gasteiger partial charge in [0.2, 0.25) is 5.91 Å². The molecule has 0 saturated heterocycles. The van der Waals surface area contributed by atoms with E-state index in [0.29, 0.717) is 12.5 Å². The average Bonchev–Trinajstić information content (AvgIpc) is 2.13. The molecular formula is C13H28N2O. The second-order valence-corrected chi connectivity index (χ2v) is 6.25. The summed E-state index contributed by atoms with van der Waals surface area (Å²) in [5.74, 6) is 0.650. The third kappa shape index (κ3) is 4.52. The Labute approximate surface area is 100 Å². The Morgan fingerprint density at radius 2 is 1.75 bits per heavy atom. The van der Waals surface area contributed by atoms with Crippen LogP contribution < -0.4 is 11.1 Å². The van der Waals surface area contributed by atoms with Gasteiger partial charge in [0, 0.05) is 12.0 Å². The maximum Gasteiger partial charge on any atom is 0.225 e. The normalized spacial score (nSPS) is 13.0. The van der Waals surface area contributed by atoms with Gasteiger partial charge in [0.1, 0.15) is 0 Å². The summed E-state index contributed by atoms with van der Waals surface area (Å²) in [5, 5.41) is 3.03. The Morgan fingerprint density at radius 3 is 2.12 bits per heavy atom. The van der Waals surface area contributed by atoms with Crippen molar-refractivity contribution in [3.63, 3.8) is 0 Å². The van der Waals surface area contributed by atoms with Gasteiger partial charge in [-0.3, -0.25) is 4.79 Å². The van der Waals surface area contributed by atoms with Crippen molar-refractivity contribution in [3.8, 4) is 0 Å². The van der Waals surface area contributed by atoms with Crippen LogP contribution in [0.5, 0.6) is 0 Å². The van der Waals surface area contributed by atoms with Crippen LogP contribution in [0.1, 0.15) is 48.0 Å². The van der Waals surface area contributed by atoms with Crippen molar-refractivity contribution in [1.29, 1.82) is 0 Å². The minimum absolute atomic E-state index is 0.103. The van der Waals surface area contributed by atoms with E-state index in [-0.39, 0.29) is 16.7 Å². The zero-order valence-electron chi connectivity index (χ0n) is 11.7. The van der Waals surface area contributed by atoms with E-state index in [2.05, 4.69) is 33.0 Å². The van der Waals surface area contributed by atoms with Crippen LogP contribution in [-0.2, 0) is 4.79 Å². The smallest absolute Gasteiger partial charge is 0.225 e. The molecule has 0 heterocycles. The Morgan fingerprint density at radius 1 is 1.25 bits per heavy atom. The molecule has 0 atom stereocenters. The van der Waals surface area contributed by atoms with Crippen molar-refractivity contribution in [2.75, 3.05) is 13.1 Å². The number of nitrogens with two attached hydrogens (primary N) is 1. The summed E-state index contributed by atoms with van der Waals surface area (Å²) in [5.41, 5.74) is 5.28. The molecule has 16 heavy (non-hydrogen) atoms. The van der Waals surface area contributed by atoms with Crippen LogP contribution in [0.3, 0.4) is 0 Å². The molecule has 0 aromatic rings. The van der Waals surface area contributed by atoms with Crippen LogP contribution in [0.2, 0.25) is 0 Å². The molecule has 0 aliphatic carbocycles. The standard InChI is InChI=1S/C13H28N2O/c1-10(2)13(5,6)9-15-11(16)12(3,4)7-8-14/h10H,7-9,14H2,1-6H3,(H,15,16). The predicted octanol–water partition coefficient (Wildman–Crippen LogP) is 2.16. The molecule has 3 heteroatoms. The quantitative estimate of drug-likeness (QED) is 0.732. The molecular weight excluding hydrogens is 200 g/mol.